The van der Waals surface area contributed by atoms with Crippen molar-refractivity contribution in [2.75, 3.05) is 31.5 Å². The molecule has 2 rings (SSSR count). The lowest BCUT2D eigenvalue weighted by atomic mass is 10.1. The van der Waals surface area contributed by atoms with Crippen LogP contribution in [0, 0.1) is 0 Å². The second kappa shape index (κ2) is 8.34. The summed E-state index contributed by atoms with van der Waals surface area (Å²) in [6.45, 7) is 10.5. The van der Waals surface area contributed by atoms with Crippen LogP contribution in [0.3, 0.4) is 0 Å². The fourth-order valence-corrected chi connectivity index (χ4v) is 2.88. The molecule has 9 nitrogen and oxygen atoms in total. The zero-order valence-corrected chi connectivity index (χ0v) is 16.1. The minimum Gasteiger partial charge on any atom is -0.338 e. The average molecular weight is 376 g/mol. The van der Waals surface area contributed by atoms with Crippen LogP contribution < -0.4 is 16.7 Å². The summed E-state index contributed by atoms with van der Waals surface area (Å²) in [4.78, 5) is 43.9. The number of piperazine rings is 1. The highest BCUT2D eigenvalue weighted by molar-refractivity contribution is 5.89. The fraction of sp³-hybridized carbons (Fsp3) is 0.556. The van der Waals surface area contributed by atoms with Crippen molar-refractivity contribution in [3.05, 3.63) is 35.4 Å². The van der Waals surface area contributed by atoms with Crippen molar-refractivity contribution in [1.82, 2.24) is 19.4 Å². The van der Waals surface area contributed by atoms with E-state index < -0.39 is 11.2 Å². The molecule has 9 heteroatoms. The molecule has 3 amide bonds. The Hall–Kier alpha value is -2.68. The highest BCUT2D eigenvalue weighted by Crippen LogP contribution is 2.11. The molecule has 148 valence electrons. The Morgan fingerprint density at radius 1 is 1.33 bits per heavy atom. The molecule has 1 aliphatic rings. The quantitative estimate of drug-likeness (QED) is 0.738. The summed E-state index contributed by atoms with van der Waals surface area (Å²) in [5.41, 5.74) is 4.49. The standard InChI is InChI=1S/C18H28N6O3/c1-5-6-13(2)24-8-7-14(21-17(24)27)20-16(26)23-11-9-22(10-12-23)15(25)18(3,4)19/h5,7-8,13H,1,6,9-12,19H2,2-4H3,(H,20,21,26,27). The Morgan fingerprint density at radius 3 is 2.44 bits per heavy atom. The lowest BCUT2D eigenvalue weighted by Gasteiger charge is -2.37. The van der Waals surface area contributed by atoms with Gasteiger partial charge in [0.1, 0.15) is 5.82 Å². The molecule has 1 fully saturated rings. The normalized spacial score (nSPS) is 16.0. The van der Waals surface area contributed by atoms with E-state index in [2.05, 4.69) is 16.9 Å². The molecule has 1 aliphatic heterocycles. The number of nitrogens with one attached hydrogen (secondary N) is 1. The van der Waals surface area contributed by atoms with Crippen molar-refractivity contribution in [3.8, 4) is 0 Å². The Bertz CT molecular complexity index is 759. The first-order valence-electron chi connectivity index (χ1n) is 8.97. The lowest BCUT2D eigenvalue weighted by molar-refractivity contribution is -0.137. The highest BCUT2D eigenvalue weighted by Gasteiger charge is 2.31. The second-order valence-corrected chi connectivity index (χ2v) is 7.31. The largest absolute Gasteiger partial charge is 0.349 e. The van der Waals surface area contributed by atoms with Crippen LogP contribution in [0.4, 0.5) is 10.6 Å². The van der Waals surface area contributed by atoms with E-state index in [-0.39, 0.29) is 23.8 Å². The molecule has 27 heavy (non-hydrogen) atoms. The van der Waals surface area contributed by atoms with Gasteiger partial charge in [-0.05, 0) is 33.3 Å². The number of hydrogen-bond acceptors (Lipinski definition) is 5. The smallest absolute Gasteiger partial charge is 0.338 e. The van der Waals surface area contributed by atoms with Gasteiger partial charge in [0.25, 0.3) is 0 Å². The van der Waals surface area contributed by atoms with E-state index in [0.29, 0.717) is 32.6 Å². The van der Waals surface area contributed by atoms with Crippen LogP contribution in [-0.2, 0) is 4.79 Å². The van der Waals surface area contributed by atoms with Crippen LogP contribution in [-0.4, -0.2) is 63.0 Å². The highest BCUT2D eigenvalue weighted by atomic mass is 16.2. The number of urea groups is 1. The van der Waals surface area contributed by atoms with Gasteiger partial charge in [-0.15, -0.1) is 6.58 Å². The number of nitrogens with two attached hydrogens (primary N) is 1. The molecule has 0 aliphatic carbocycles. The van der Waals surface area contributed by atoms with Crippen molar-refractivity contribution in [2.24, 2.45) is 5.73 Å². The predicted molar refractivity (Wildman–Crippen MR) is 103 cm³/mol. The van der Waals surface area contributed by atoms with Crippen LogP contribution >= 0.6 is 0 Å². The van der Waals surface area contributed by atoms with Crippen LogP contribution in [0.5, 0.6) is 0 Å². The first-order valence-corrected chi connectivity index (χ1v) is 8.97. The van der Waals surface area contributed by atoms with E-state index in [9.17, 15) is 14.4 Å². The first-order chi connectivity index (χ1) is 12.6. The molecule has 1 atom stereocenters. The number of rotatable bonds is 5. The molecule has 2 heterocycles. The van der Waals surface area contributed by atoms with Gasteiger partial charge in [-0.3, -0.25) is 14.7 Å². The van der Waals surface area contributed by atoms with Crippen molar-refractivity contribution in [3.63, 3.8) is 0 Å². The Labute approximate surface area is 158 Å². The molecule has 0 radical (unpaired) electrons. The molecule has 1 unspecified atom stereocenters. The molecule has 0 saturated carbocycles. The Balaban J connectivity index is 1.95. The molecule has 0 spiro atoms. The van der Waals surface area contributed by atoms with Gasteiger partial charge in [0.2, 0.25) is 5.91 Å². The minimum atomic E-state index is -0.930. The summed E-state index contributed by atoms with van der Waals surface area (Å²) in [6.07, 6.45) is 4.00. The molecule has 1 aromatic rings. The van der Waals surface area contributed by atoms with Crippen molar-refractivity contribution < 1.29 is 9.59 Å². The van der Waals surface area contributed by atoms with Gasteiger partial charge in [-0.2, -0.15) is 4.98 Å². The van der Waals surface area contributed by atoms with Crippen LogP contribution in [0.1, 0.15) is 33.2 Å². The SMILES string of the molecule is C=CCC(C)n1ccc(NC(=O)N2CCN(C(=O)C(C)(C)N)CC2)nc1=O. The van der Waals surface area contributed by atoms with E-state index in [1.165, 1.54) is 4.57 Å². The fourth-order valence-electron chi connectivity index (χ4n) is 2.88. The van der Waals surface area contributed by atoms with Crippen molar-refractivity contribution in [2.45, 2.75) is 38.8 Å². The first kappa shape index (κ1) is 20.6. The van der Waals surface area contributed by atoms with Crippen LogP contribution in [0.25, 0.3) is 0 Å². The van der Waals surface area contributed by atoms with Crippen molar-refractivity contribution in [1.29, 1.82) is 0 Å². The van der Waals surface area contributed by atoms with Gasteiger partial charge in [-0.1, -0.05) is 6.08 Å². The number of nitrogens with zero attached hydrogens (tertiary/aromatic N) is 4. The summed E-state index contributed by atoms with van der Waals surface area (Å²) in [5.74, 6) is 0.0649. The Morgan fingerprint density at radius 2 is 1.93 bits per heavy atom. The van der Waals surface area contributed by atoms with Gasteiger partial charge in [0, 0.05) is 38.4 Å². The molecule has 0 bridgehead atoms. The summed E-state index contributed by atoms with van der Waals surface area (Å²) in [7, 11) is 0. The monoisotopic (exact) mass is 376 g/mol. The number of carbonyl (C=O) groups is 2. The van der Waals surface area contributed by atoms with Gasteiger partial charge < -0.3 is 15.5 Å². The van der Waals surface area contributed by atoms with E-state index in [1.54, 1.807) is 42.0 Å². The number of allylic oxidation sites excluding steroid dienone is 1. The third kappa shape index (κ3) is 5.16. The molecule has 3 N–H and O–H groups in total. The molecular weight excluding hydrogens is 348 g/mol. The molecule has 1 aromatic heterocycles. The number of anilines is 1. The van der Waals surface area contributed by atoms with Gasteiger partial charge >= 0.3 is 11.7 Å². The predicted octanol–water partition coefficient (Wildman–Crippen LogP) is 0.794. The third-order valence-corrected chi connectivity index (χ3v) is 4.45. The Kier molecular flexibility index (Phi) is 6.37. The molecule has 1 saturated heterocycles. The average Bonchev–Trinajstić information content (AvgIpc) is 2.60. The van der Waals surface area contributed by atoms with Crippen LogP contribution in [0.2, 0.25) is 0 Å². The van der Waals surface area contributed by atoms with E-state index in [1.807, 2.05) is 6.92 Å². The maximum absolute atomic E-state index is 12.4. The van der Waals surface area contributed by atoms with E-state index >= 15 is 0 Å². The van der Waals surface area contributed by atoms with E-state index in [4.69, 9.17) is 5.73 Å². The van der Waals surface area contributed by atoms with Crippen molar-refractivity contribution >= 4 is 17.8 Å². The van der Waals surface area contributed by atoms with Gasteiger partial charge in [0.15, 0.2) is 0 Å². The van der Waals surface area contributed by atoms with Gasteiger partial charge in [-0.25, -0.2) is 9.59 Å². The van der Waals surface area contributed by atoms with E-state index in [0.717, 1.165) is 0 Å². The number of carbonyl (C=O) groups excluding carboxylic acids is 2. The molecular formula is C18H28N6O3. The number of hydrogen-bond donors (Lipinski definition) is 2. The zero-order chi connectivity index (χ0) is 20.2. The van der Waals surface area contributed by atoms with Gasteiger partial charge in [0.05, 0.1) is 5.54 Å². The topological polar surface area (TPSA) is 114 Å². The lowest BCUT2D eigenvalue weighted by Crippen LogP contribution is -2.58. The maximum Gasteiger partial charge on any atom is 0.349 e. The maximum atomic E-state index is 12.4. The number of aromatic nitrogens is 2. The minimum absolute atomic E-state index is 0.0512. The summed E-state index contributed by atoms with van der Waals surface area (Å²) in [6, 6.07) is 1.19. The second-order valence-electron chi connectivity index (χ2n) is 7.31. The summed E-state index contributed by atoms with van der Waals surface area (Å²) in [5, 5.41) is 2.64. The van der Waals surface area contributed by atoms with Crippen LogP contribution in [0.15, 0.2) is 29.7 Å². The third-order valence-electron chi connectivity index (χ3n) is 4.45. The summed E-state index contributed by atoms with van der Waals surface area (Å²) < 4.78 is 1.50. The number of amides is 3. The zero-order valence-electron chi connectivity index (χ0n) is 16.1. The molecule has 0 aromatic carbocycles. The summed E-state index contributed by atoms with van der Waals surface area (Å²) >= 11 is 0.